The Morgan fingerprint density at radius 3 is 2.37 bits per heavy atom. The van der Waals surface area contributed by atoms with Gasteiger partial charge in [-0.3, -0.25) is 4.79 Å². The lowest BCUT2D eigenvalue weighted by atomic mass is 10.2. The second-order valence-electron chi connectivity index (χ2n) is 4.51. The molecule has 0 spiro atoms. The van der Waals surface area contributed by atoms with Crippen LogP contribution in [0.3, 0.4) is 0 Å². The monoisotopic (exact) mass is 327 g/mol. The van der Waals surface area contributed by atoms with E-state index >= 15 is 0 Å². The average Bonchev–Trinajstić information content (AvgIpc) is 2.36. The number of benzene rings is 1. The number of amides is 3. The van der Waals surface area contributed by atoms with Crippen LogP contribution in [0.5, 0.6) is 0 Å². The zero-order valence-corrected chi connectivity index (χ0v) is 12.6. The molecule has 1 aromatic rings. The first-order valence-corrected chi connectivity index (χ1v) is 6.84. The normalized spacial score (nSPS) is 10.1. The van der Waals surface area contributed by atoms with Gasteiger partial charge in [0.15, 0.2) is 0 Å². The summed E-state index contributed by atoms with van der Waals surface area (Å²) < 4.78 is 0.937. The van der Waals surface area contributed by atoms with Crippen LogP contribution in [0.4, 0.5) is 10.5 Å². The van der Waals surface area contributed by atoms with Crippen LogP contribution in [-0.4, -0.2) is 25.0 Å². The van der Waals surface area contributed by atoms with Crippen LogP contribution in [0.2, 0.25) is 0 Å². The third-order valence-corrected chi connectivity index (χ3v) is 2.75. The van der Waals surface area contributed by atoms with Crippen molar-refractivity contribution in [1.82, 2.24) is 10.6 Å². The molecule has 1 rings (SSSR count). The molecule has 104 valence electrons. The van der Waals surface area contributed by atoms with Gasteiger partial charge in [0.2, 0.25) is 5.91 Å². The van der Waals surface area contributed by atoms with E-state index in [4.69, 9.17) is 0 Å². The van der Waals surface area contributed by atoms with E-state index in [1.807, 2.05) is 26.0 Å². The second kappa shape index (κ2) is 7.78. The number of nitrogens with one attached hydrogen (secondary N) is 3. The maximum Gasteiger partial charge on any atom is 0.319 e. The van der Waals surface area contributed by atoms with Gasteiger partial charge in [0.1, 0.15) is 0 Å². The Hall–Kier alpha value is -1.56. The van der Waals surface area contributed by atoms with Gasteiger partial charge in [-0.05, 0) is 30.2 Å². The number of hydrogen-bond donors (Lipinski definition) is 3. The fourth-order valence-corrected chi connectivity index (χ4v) is 1.51. The molecule has 3 N–H and O–H groups in total. The molecule has 0 heterocycles. The molecular formula is C13H18BrN3O2. The molecule has 0 aliphatic heterocycles. The highest BCUT2D eigenvalue weighted by Gasteiger charge is 2.05. The van der Waals surface area contributed by atoms with Crippen LogP contribution in [0.25, 0.3) is 0 Å². The van der Waals surface area contributed by atoms with Crippen molar-refractivity contribution in [3.05, 3.63) is 28.7 Å². The van der Waals surface area contributed by atoms with E-state index in [0.717, 1.165) is 4.47 Å². The Labute approximate surface area is 121 Å². The Morgan fingerprint density at radius 2 is 1.79 bits per heavy atom. The minimum atomic E-state index is -0.401. The molecule has 0 bridgehead atoms. The molecule has 0 saturated carbocycles. The fraction of sp³-hybridized carbons (Fsp3) is 0.385. The fourth-order valence-electron chi connectivity index (χ4n) is 1.25. The maximum atomic E-state index is 11.5. The highest BCUT2D eigenvalue weighted by molar-refractivity contribution is 9.10. The van der Waals surface area contributed by atoms with Gasteiger partial charge in [-0.1, -0.05) is 29.8 Å². The number of hydrogen-bond acceptors (Lipinski definition) is 2. The Morgan fingerprint density at radius 1 is 1.16 bits per heavy atom. The molecule has 3 amide bonds. The Balaban J connectivity index is 2.28. The number of urea groups is 1. The molecule has 6 heteroatoms. The van der Waals surface area contributed by atoms with Gasteiger partial charge in [0, 0.05) is 16.7 Å². The maximum absolute atomic E-state index is 11.5. The van der Waals surface area contributed by atoms with E-state index in [1.54, 1.807) is 12.1 Å². The molecule has 0 aliphatic carbocycles. The van der Waals surface area contributed by atoms with Gasteiger partial charge in [0.25, 0.3) is 0 Å². The number of halogens is 1. The molecule has 0 aliphatic rings. The number of rotatable bonds is 5. The lowest BCUT2D eigenvalue weighted by Crippen LogP contribution is -2.39. The summed E-state index contributed by atoms with van der Waals surface area (Å²) in [6.45, 7) is 4.59. The average molecular weight is 328 g/mol. The third-order valence-electron chi connectivity index (χ3n) is 2.22. The number of carbonyl (C=O) groups excluding carboxylic acids is 2. The van der Waals surface area contributed by atoms with Crippen molar-refractivity contribution in [2.24, 2.45) is 5.92 Å². The highest BCUT2D eigenvalue weighted by Crippen LogP contribution is 2.13. The van der Waals surface area contributed by atoms with E-state index in [1.165, 1.54) is 0 Å². The first-order chi connectivity index (χ1) is 8.97. The van der Waals surface area contributed by atoms with Crippen LogP contribution >= 0.6 is 15.9 Å². The van der Waals surface area contributed by atoms with Crippen LogP contribution in [-0.2, 0) is 4.79 Å². The lowest BCUT2D eigenvalue weighted by molar-refractivity contribution is -0.120. The Kier molecular flexibility index (Phi) is 6.35. The van der Waals surface area contributed by atoms with E-state index in [9.17, 15) is 9.59 Å². The summed E-state index contributed by atoms with van der Waals surface area (Å²) in [5.74, 6) is 0.195. The molecule has 0 aromatic heterocycles. The van der Waals surface area contributed by atoms with Crippen molar-refractivity contribution in [2.75, 3.05) is 18.4 Å². The number of anilines is 1. The molecule has 0 radical (unpaired) electrons. The van der Waals surface area contributed by atoms with Crippen LogP contribution in [0, 0.1) is 5.92 Å². The minimum absolute atomic E-state index is 0.0327. The summed E-state index contributed by atoms with van der Waals surface area (Å²) in [6.07, 6.45) is 0. The molecule has 1 aromatic carbocycles. The molecule has 0 unspecified atom stereocenters. The van der Waals surface area contributed by atoms with E-state index in [2.05, 4.69) is 31.9 Å². The molecule has 0 fully saturated rings. The predicted octanol–water partition coefficient (Wildman–Crippen LogP) is 2.34. The van der Waals surface area contributed by atoms with E-state index in [-0.39, 0.29) is 12.5 Å². The molecule has 19 heavy (non-hydrogen) atoms. The van der Waals surface area contributed by atoms with Crippen molar-refractivity contribution in [3.63, 3.8) is 0 Å². The van der Waals surface area contributed by atoms with E-state index in [0.29, 0.717) is 18.2 Å². The predicted molar refractivity (Wildman–Crippen MR) is 79.0 cm³/mol. The SMILES string of the molecule is CC(C)CNC(=O)CNC(=O)Nc1ccc(Br)cc1. The first-order valence-electron chi connectivity index (χ1n) is 6.04. The van der Waals surface area contributed by atoms with Crippen molar-refractivity contribution in [1.29, 1.82) is 0 Å². The van der Waals surface area contributed by atoms with Gasteiger partial charge in [-0.25, -0.2) is 4.79 Å². The van der Waals surface area contributed by atoms with Crippen molar-refractivity contribution < 1.29 is 9.59 Å². The Bertz CT molecular complexity index is 432. The zero-order valence-electron chi connectivity index (χ0n) is 11.0. The first kappa shape index (κ1) is 15.5. The third kappa shape index (κ3) is 6.81. The smallest absolute Gasteiger partial charge is 0.319 e. The lowest BCUT2D eigenvalue weighted by Gasteiger charge is -2.09. The van der Waals surface area contributed by atoms with Gasteiger partial charge in [0.05, 0.1) is 6.54 Å². The summed E-state index contributed by atoms with van der Waals surface area (Å²) in [5.41, 5.74) is 0.670. The summed E-state index contributed by atoms with van der Waals surface area (Å²) in [7, 11) is 0. The summed E-state index contributed by atoms with van der Waals surface area (Å²) >= 11 is 3.31. The number of carbonyl (C=O) groups is 2. The van der Waals surface area contributed by atoms with Crippen LogP contribution < -0.4 is 16.0 Å². The quantitative estimate of drug-likeness (QED) is 0.776. The highest BCUT2D eigenvalue weighted by atomic mass is 79.9. The standard InChI is InChI=1S/C13H18BrN3O2/c1-9(2)7-15-12(18)8-16-13(19)17-11-5-3-10(14)4-6-11/h3-6,9H,7-8H2,1-2H3,(H,15,18)(H2,16,17,19). The topological polar surface area (TPSA) is 70.2 Å². The van der Waals surface area contributed by atoms with Crippen LogP contribution in [0.15, 0.2) is 28.7 Å². The molecule has 0 saturated heterocycles. The summed E-state index contributed by atoms with van der Waals surface area (Å²) in [4.78, 5) is 22.9. The summed E-state index contributed by atoms with van der Waals surface area (Å²) in [6, 6.07) is 6.78. The second-order valence-corrected chi connectivity index (χ2v) is 5.43. The van der Waals surface area contributed by atoms with Crippen molar-refractivity contribution in [3.8, 4) is 0 Å². The zero-order chi connectivity index (χ0) is 14.3. The largest absolute Gasteiger partial charge is 0.354 e. The molecule has 0 atom stereocenters. The van der Waals surface area contributed by atoms with E-state index < -0.39 is 6.03 Å². The minimum Gasteiger partial charge on any atom is -0.354 e. The molecular weight excluding hydrogens is 310 g/mol. The van der Waals surface area contributed by atoms with Gasteiger partial charge in [-0.2, -0.15) is 0 Å². The van der Waals surface area contributed by atoms with Crippen LogP contribution in [0.1, 0.15) is 13.8 Å². The molecule has 5 nitrogen and oxygen atoms in total. The van der Waals surface area contributed by atoms with Gasteiger partial charge >= 0.3 is 6.03 Å². The summed E-state index contributed by atoms with van der Waals surface area (Å²) in [5, 5.41) is 7.86. The van der Waals surface area contributed by atoms with Crippen molar-refractivity contribution >= 4 is 33.6 Å². The van der Waals surface area contributed by atoms with Gasteiger partial charge < -0.3 is 16.0 Å². The van der Waals surface area contributed by atoms with Gasteiger partial charge in [-0.15, -0.1) is 0 Å². The van der Waals surface area contributed by atoms with Crippen molar-refractivity contribution in [2.45, 2.75) is 13.8 Å².